The fourth-order valence-electron chi connectivity index (χ4n) is 3.27. The van der Waals surface area contributed by atoms with Gasteiger partial charge in [-0.05, 0) is 24.0 Å². The highest BCUT2D eigenvalue weighted by Crippen LogP contribution is 2.45. The van der Waals surface area contributed by atoms with Gasteiger partial charge >= 0.3 is 0 Å². The first-order valence-electron chi connectivity index (χ1n) is 6.99. The zero-order valence-corrected chi connectivity index (χ0v) is 12.0. The largest absolute Gasteiger partial charge is 0.548 e. The Bertz CT molecular complexity index is 636. The SMILES string of the molecule is CN(C)C(=O)c1cccc2c1N[C@@H](C(=O)[O-])[C@H]1CC=C[C@H]21. The molecule has 5 nitrogen and oxygen atoms in total. The quantitative estimate of drug-likeness (QED) is 0.807. The van der Waals surface area contributed by atoms with Gasteiger partial charge in [-0.15, -0.1) is 0 Å². The van der Waals surface area contributed by atoms with E-state index in [2.05, 4.69) is 5.32 Å². The van der Waals surface area contributed by atoms with Crippen molar-refractivity contribution in [2.45, 2.75) is 18.4 Å². The van der Waals surface area contributed by atoms with Crippen LogP contribution >= 0.6 is 0 Å². The number of hydrogen-bond acceptors (Lipinski definition) is 4. The summed E-state index contributed by atoms with van der Waals surface area (Å²) in [6, 6.07) is 4.75. The molecule has 21 heavy (non-hydrogen) atoms. The number of nitrogens with zero attached hydrogens (tertiary/aromatic N) is 1. The molecule has 110 valence electrons. The molecule has 0 aromatic heterocycles. The number of para-hydroxylation sites is 1. The van der Waals surface area contributed by atoms with E-state index in [0.29, 0.717) is 17.7 Å². The van der Waals surface area contributed by atoms with Crippen LogP contribution in [-0.4, -0.2) is 36.9 Å². The summed E-state index contributed by atoms with van der Waals surface area (Å²) in [7, 11) is 3.36. The van der Waals surface area contributed by atoms with Gasteiger partial charge in [-0.2, -0.15) is 0 Å². The van der Waals surface area contributed by atoms with Crippen LogP contribution in [0.4, 0.5) is 5.69 Å². The molecule has 1 N–H and O–H groups in total. The molecule has 5 heteroatoms. The first-order valence-corrected chi connectivity index (χ1v) is 6.99. The van der Waals surface area contributed by atoms with Gasteiger partial charge in [0, 0.05) is 20.0 Å². The minimum Gasteiger partial charge on any atom is -0.548 e. The number of hydrogen-bond donors (Lipinski definition) is 1. The van der Waals surface area contributed by atoms with Crippen molar-refractivity contribution in [3.05, 3.63) is 41.5 Å². The Labute approximate surface area is 123 Å². The Hall–Kier alpha value is -2.30. The number of nitrogens with one attached hydrogen (secondary N) is 1. The summed E-state index contributed by atoms with van der Waals surface area (Å²) in [6.07, 6.45) is 4.74. The van der Waals surface area contributed by atoms with Crippen molar-refractivity contribution in [2.24, 2.45) is 5.92 Å². The zero-order valence-electron chi connectivity index (χ0n) is 12.0. The number of anilines is 1. The van der Waals surface area contributed by atoms with Gasteiger partial charge in [0.25, 0.3) is 5.91 Å². The molecule has 1 aromatic rings. The number of aliphatic carboxylic acids is 1. The number of allylic oxidation sites excluding steroid dienone is 2. The van der Waals surface area contributed by atoms with E-state index >= 15 is 0 Å². The van der Waals surface area contributed by atoms with Gasteiger partial charge in [0.15, 0.2) is 0 Å². The van der Waals surface area contributed by atoms with Gasteiger partial charge in [-0.3, -0.25) is 4.79 Å². The van der Waals surface area contributed by atoms with Crippen molar-refractivity contribution >= 4 is 17.6 Å². The second-order valence-electron chi connectivity index (χ2n) is 5.76. The molecular formula is C16H17N2O3-. The van der Waals surface area contributed by atoms with Crippen LogP contribution < -0.4 is 10.4 Å². The van der Waals surface area contributed by atoms with Crippen LogP contribution in [0.5, 0.6) is 0 Å². The lowest BCUT2D eigenvalue weighted by molar-refractivity contribution is -0.308. The molecule has 0 saturated heterocycles. The summed E-state index contributed by atoms with van der Waals surface area (Å²) in [5.41, 5.74) is 2.11. The van der Waals surface area contributed by atoms with Crippen molar-refractivity contribution < 1.29 is 14.7 Å². The Kier molecular flexibility index (Phi) is 3.20. The Balaban J connectivity index is 2.12. The monoisotopic (exact) mass is 285 g/mol. The van der Waals surface area contributed by atoms with E-state index in [1.165, 1.54) is 4.90 Å². The van der Waals surface area contributed by atoms with E-state index in [4.69, 9.17) is 0 Å². The molecular weight excluding hydrogens is 268 g/mol. The summed E-state index contributed by atoms with van der Waals surface area (Å²) < 4.78 is 0. The van der Waals surface area contributed by atoms with Crippen molar-refractivity contribution in [3.63, 3.8) is 0 Å². The second-order valence-corrected chi connectivity index (χ2v) is 5.76. The molecule has 1 aliphatic carbocycles. The standard InChI is InChI=1S/C16H18N2O3/c1-18(2)15(19)12-8-4-6-10-9-5-3-7-11(9)14(16(20)21)17-13(10)12/h3-6,8-9,11,14,17H,7H2,1-2H3,(H,20,21)/p-1/t9-,11+,14-/m1/s1. The summed E-state index contributed by atoms with van der Waals surface area (Å²) in [4.78, 5) is 25.2. The molecule has 2 aliphatic rings. The lowest BCUT2D eigenvalue weighted by atomic mass is 9.78. The average Bonchev–Trinajstić information content (AvgIpc) is 2.94. The Morgan fingerprint density at radius 2 is 2.10 bits per heavy atom. The first-order chi connectivity index (χ1) is 10.0. The highest BCUT2D eigenvalue weighted by atomic mass is 16.4. The van der Waals surface area contributed by atoms with E-state index in [1.54, 1.807) is 20.2 Å². The van der Waals surface area contributed by atoms with Crippen molar-refractivity contribution in [3.8, 4) is 0 Å². The molecule has 0 bridgehead atoms. The van der Waals surface area contributed by atoms with Crippen LogP contribution in [0, 0.1) is 5.92 Å². The minimum absolute atomic E-state index is 0.0269. The number of benzene rings is 1. The zero-order chi connectivity index (χ0) is 15.1. The van der Waals surface area contributed by atoms with Crippen LogP contribution in [0.25, 0.3) is 0 Å². The Morgan fingerprint density at radius 3 is 2.76 bits per heavy atom. The highest BCUT2D eigenvalue weighted by Gasteiger charge is 2.39. The molecule has 0 spiro atoms. The number of amides is 1. The smallest absolute Gasteiger partial charge is 0.255 e. The summed E-state index contributed by atoms with van der Waals surface area (Å²) >= 11 is 0. The fourth-order valence-corrected chi connectivity index (χ4v) is 3.27. The van der Waals surface area contributed by atoms with Gasteiger partial charge in [0.1, 0.15) is 0 Å². The predicted octanol–water partition coefficient (Wildman–Crippen LogP) is 0.592. The maximum atomic E-state index is 12.3. The predicted molar refractivity (Wildman–Crippen MR) is 76.9 cm³/mol. The number of carboxylic acid groups (broad SMARTS) is 1. The summed E-state index contributed by atoms with van der Waals surface area (Å²) in [6.45, 7) is 0. The third kappa shape index (κ3) is 2.09. The minimum atomic E-state index is -1.12. The van der Waals surface area contributed by atoms with Crippen LogP contribution in [0.1, 0.15) is 28.3 Å². The maximum Gasteiger partial charge on any atom is 0.255 e. The van der Waals surface area contributed by atoms with Crippen LogP contribution in [-0.2, 0) is 4.79 Å². The molecule has 3 rings (SSSR count). The molecule has 0 fully saturated rings. The van der Waals surface area contributed by atoms with E-state index in [-0.39, 0.29) is 17.7 Å². The molecule has 0 saturated carbocycles. The van der Waals surface area contributed by atoms with Gasteiger partial charge < -0.3 is 20.1 Å². The lowest BCUT2D eigenvalue weighted by Crippen LogP contribution is -2.49. The molecule has 1 amide bonds. The number of carboxylic acids is 1. The number of carbonyl (C=O) groups is 2. The van der Waals surface area contributed by atoms with E-state index in [9.17, 15) is 14.7 Å². The molecule has 0 radical (unpaired) electrons. The molecule has 1 heterocycles. The number of fused-ring (bicyclic) bond motifs is 3. The fraction of sp³-hybridized carbons (Fsp3) is 0.375. The van der Waals surface area contributed by atoms with E-state index in [0.717, 1.165) is 5.56 Å². The van der Waals surface area contributed by atoms with Crippen LogP contribution in [0.15, 0.2) is 30.4 Å². The average molecular weight is 285 g/mol. The third-order valence-corrected chi connectivity index (χ3v) is 4.29. The van der Waals surface area contributed by atoms with Crippen molar-refractivity contribution in [2.75, 3.05) is 19.4 Å². The first kappa shape index (κ1) is 13.7. The van der Waals surface area contributed by atoms with E-state index < -0.39 is 12.0 Å². The van der Waals surface area contributed by atoms with Crippen LogP contribution in [0.3, 0.4) is 0 Å². The number of rotatable bonds is 2. The van der Waals surface area contributed by atoms with Crippen molar-refractivity contribution in [1.82, 2.24) is 4.90 Å². The Morgan fingerprint density at radius 1 is 1.33 bits per heavy atom. The van der Waals surface area contributed by atoms with Gasteiger partial charge in [-0.1, -0.05) is 24.3 Å². The molecule has 0 unspecified atom stereocenters. The van der Waals surface area contributed by atoms with E-state index in [1.807, 2.05) is 24.3 Å². The van der Waals surface area contributed by atoms with Crippen molar-refractivity contribution in [1.29, 1.82) is 0 Å². The number of carbonyl (C=O) groups excluding carboxylic acids is 2. The topological polar surface area (TPSA) is 72.5 Å². The summed E-state index contributed by atoms with van der Waals surface area (Å²) in [5, 5.41) is 14.4. The highest BCUT2D eigenvalue weighted by molar-refractivity contribution is 6.01. The molecule has 3 atom stereocenters. The maximum absolute atomic E-state index is 12.3. The van der Waals surface area contributed by atoms with Gasteiger partial charge in [-0.25, -0.2) is 0 Å². The lowest BCUT2D eigenvalue weighted by Gasteiger charge is -2.38. The second kappa shape index (κ2) is 4.91. The van der Waals surface area contributed by atoms with Gasteiger partial charge in [0.2, 0.25) is 0 Å². The third-order valence-electron chi connectivity index (χ3n) is 4.29. The van der Waals surface area contributed by atoms with Gasteiger partial charge in [0.05, 0.1) is 23.3 Å². The molecule has 1 aromatic carbocycles. The molecule has 1 aliphatic heterocycles. The summed E-state index contributed by atoms with van der Waals surface area (Å²) in [5.74, 6) is -1.28. The van der Waals surface area contributed by atoms with Crippen LogP contribution in [0.2, 0.25) is 0 Å². The normalized spacial score (nSPS) is 25.7.